The molecule has 1 fully saturated rings. The highest BCUT2D eigenvalue weighted by atomic mass is 16.7. The molecule has 0 aliphatic heterocycles. The predicted molar refractivity (Wildman–Crippen MR) is 93.5 cm³/mol. The maximum atomic E-state index is 11.9. The normalized spacial score (nSPS) is 24.0. The standard InChI is InChI=1S/C20H23NO4/c1-15-19(14-21,18(22)23)20(15,24-12-16-8-4-2-5-9-16)25-13-17-10-6-3-7-11-17/h2-11,15H,12-14,21H2,1H3,(H,22,23). The summed E-state index contributed by atoms with van der Waals surface area (Å²) in [6.07, 6.45) is 0. The van der Waals surface area contributed by atoms with Crippen LogP contribution in [0.3, 0.4) is 0 Å². The molecule has 0 aromatic heterocycles. The number of benzene rings is 2. The van der Waals surface area contributed by atoms with Crippen molar-refractivity contribution in [2.45, 2.75) is 25.9 Å². The van der Waals surface area contributed by atoms with E-state index in [9.17, 15) is 9.90 Å². The Labute approximate surface area is 147 Å². The van der Waals surface area contributed by atoms with Crippen LogP contribution in [0.25, 0.3) is 0 Å². The molecule has 0 bridgehead atoms. The second-order valence-electron chi connectivity index (χ2n) is 6.42. The zero-order valence-electron chi connectivity index (χ0n) is 14.2. The van der Waals surface area contributed by atoms with Crippen LogP contribution < -0.4 is 5.73 Å². The molecule has 2 atom stereocenters. The van der Waals surface area contributed by atoms with Gasteiger partial charge in [0.1, 0.15) is 5.41 Å². The SMILES string of the molecule is CC1C(OCc2ccccc2)(OCc2ccccc2)C1(CN)C(=O)O. The van der Waals surface area contributed by atoms with Gasteiger partial charge in [0.2, 0.25) is 0 Å². The third kappa shape index (κ3) is 2.95. The second kappa shape index (κ2) is 6.96. The Morgan fingerprint density at radius 2 is 1.44 bits per heavy atom. The molecule has 2 aromatic carbocycles. The second-order valence-corrected chi connectivity index (χ2v) is 6.42. The van der Waals surface area contributed by atoms with Crippen LogP contribution in [0, 0.1) is 11.3 Å². The van der Waals surface area contributed by atoms with Crippen LogP contribution in [0.15, 0.2) is 60.7 Å². The van der Waals surface area contributed by atoms with Crippen LogP contribution in [-0.4, -0.2) is 23.4 Å². The highest BCUT2D eigenvalue weighted by molar-refractivity contribution is 5.81. The Kier molecular flexibility index (Phi) is 4.90. The van der Waals surface area contributed by atoms with E-state index in [-0.39, 0.29) is 25.7 Å². The average Bonchev–Trinajstić information content (AvgIpc) is 3.18. The largest absolute Gasteiger partial charge is 0.481 e. The van der Waals surface area contributed by atoms with Gasteiger partial charge in [-0.2, -0.15) is 0 Å². The van der Waals surface area contributed by atoms with E-state index in [4.69, 9.17) is 15.2 Å². The van der Waals surface area contributed by atoms with Crippen LogP contribution in [0.1, 0.15) is 18.1 Å². The Morgan fingerprint density at radius 3 is 1.76 bits per heavy atom. The van der Waals surface area contributed by atoms with Crippen molar-refractivity contribution in [3.8, 4) is 0 Å². The summed E-state index contributed by atoms with van der Waals surface area (Å²) in [7, 11) is 0. The first-order valence-electron chi connectivity index (χ1n) is 8.36. The van der Waals surface area contributed by atoms with E-state index in [1.807, 2.05) is 67.6 Å². The fourth-order valence-corrected chi connectivity index (χ4v) is 3.48. The van der Waals surface area contributed by atoms with E-state index in [1.165, 1.54) is 0 Å². The monoisotopic (exact) mass is 341 g/mol. The van der Waals surface area contributed by atoms with Crippen LogP contribution in [-0.2, 0) is 27.5 Å². The van der Waals surface area contributed by atoms with Gasteiger partial charge in [-0.15, -0.1) is 0 Å². The van der Waals surface area contributed by atoms with Gasteiger partial charge in [0.25, 0.3) is 0 Å². The zero-order chi connectivity index (χ0) is 17.9. The maximum absolute atomic E-state index is 11.9. The number of hydrogen-bond acceptors (Lipinski definition) is 4. The van der Waals surface area contributed by atoms with Gasteiger partial charge in [-0.1, -0.05) is 67.6 Å². The Hall–Kier alpha value is -2.21. The minimum absolute atomic E-state index is 0.0346. The molecular weight excluding hydrogens is 318 g/mol. The van der Waals surface area contributed by atoms with Gasteiger partial charge in [0.05, 0.1) is 13.2 Å². The quantitative estimate of drug-likeness (QED) is 0.722. The minimum Gasteiger partial charge on any atom is -0.481 e. The van der Waals surface area contributed by atoms with Crippen molar-refractivity contribution in [3.63, 3.8) is 0 Å². The molecule has 3 rings (SSSR count). The third-order valence-corrected chi connectivity index (χ3v) is 5.14. The Bertz CT molecular complexity index is 675. The number of hydrogen-bond donors (Lipinski definition) is 2. The van der Waals surface area contributed by atoms with E-state index in [1.54, 1.807) is 0 Å². The summed E-state index contributed by atoms with van der Waals surface area (Å²) < 4.78 is 12.1. The molecular formula is C20H23NO4. The number of ether oxygens (including phenoxy) is 2. The Morgan fingerprint density at radius 1 is 1.00 bits per heavy atom. The first-order chi connectivity index (χ1) is 12.1. The molecule has 5 heteroatoms. The van der Waals surface area contributed by atoms with Crippen molar-refractivity contribution in [2.75, 3.05) is 6.54 Å². The lowest BCUT2D eigenvalue weighted by molar-refractivity contribution is -0.213. The smallest absolute Gasteiger partial charge is 0.316 e. The minimum atomic E-state index is -1.23. The van der Waals surface area contributed by atoms with Crippen LogP contribution in [0.2, 0.25) is 0 Å². The van der Waals surface area contributed by atoms with Gasteiger partial charge in [0, 0.05) is 12.5 Å². The molecule has 0 heterocycles. The maximum Gasteiger partial charge on any atom is 0.316 e. The molecule has 5 nitrogen and oxygen atoms in total. The molecule has 1 aliphatic rings. The lowest BCUT2D eigenvalue weighted by atomic mass is 10.0. The van der Waals surface area contributed by atoms with Crippen LogP contribution in [0.4, 0.5) is 0 Å². The van der Waals surface area contributed by atoms with E-state index >= 15 is 0 Å². The summed E-state index contributed by atoms with van der Waals surface area (Å²) in [6, 6.07) is 19.2. The van der Waals surface area contributed by atoms with E-state index in [0.29, 0.717) is 0 Å². The van der Waals surface area contributed by atoms with Crippen molar-refractivity contribution in [3.05, 3.63) is 71.8 Å². The fourth-order valence-electron chi connectivity index (χ4n) is 3.48. The molecule has 1 aliphatic carbocycles. The first kappa shape index (κ1) is 17.6. The van der Waals surface area contributed by atoms with Gasteiger partial charge >= 0.3 is 5.97 Å². The van der Waals surface area contributed by atoms with Crippen LogP contribution in [0.5, 0.6) is 0 Å². The van der Waals surface area contributed by atoms with Crippen molar-refractivity contribution in [1.82, 2.24) is 0 Å². The zero-order valence-corrected chi connectivity index (χ0v) is 14.2. The van der Waals surface area contributed by atoms with Gasteiger partial charge in [-0.05, 0) is 11.1 Å². The van der Waals surface area contributed by atoms with Crippen molar-refractivity contribution in [2.24, 2.45) is 17.1 Å². The number of aliphatic carboxylic acids is 1. The molecule has 132 valence electrons. The van der Waals surface area contributed by atoms with Gasteiger partial charge in [-0.3, -0.25) is 4.79 Å². The summed E-state index contributed by atoms with van der Waals surface area (Å²) in [4.78, 5) is 11.9. The van der Waals surface area contributed by atoms with E-state index in [2.05, 4.69) is 0 Å². The highest BCUT2D eigenvalue weighted by Gasteiger charge is 2.81. The third-order valence-electron chi connectivity index (χ3n) is 5.14. The van der Waals surface area contributed by atoms with Crippen molar-refractivity contribution < 1.29 is 19.4 Å². The molecule has 3 N–H and O–H groups in total. The number of carboxylic acids is 1. The number of carbonyl (C=O) groups is 1. The summed E-state index contributed by atoms with van der Waals surface area (Å²) in [5, 5.41) is 9.76. The van der Waals surface area contributed by atoms with Crippen LogP contribution >= 0.6 is 0 Å². The summed E-state index contributed by atoms with van der Waals surface area (Å²) >= 11 is 0. The highest BCUT2D eigenvalue weighted by Crippen LogP contribution is 2.65. The lowest BCUT2D eigenvalue weighted by Gasteiger charge is -2.23. The summed E-state index contributed by atoms with van der Waals surface area (Å²) in [5.74, 6) is -2.54. The van der Waals surface area contributed by atoms with Gasteiger partial charge in [0.15, 0.2) is 5.79 Å². The number of rotatable bonds is 8. The first-order valence-corrected chi connectivity index (χ1v) is 8.36. The molecule has 2 unspecified atom stereocenters. The van der Waals surface area contributed by atoms with E-state index < -0.39 is 17.2 Å². The molecule has 1 saturated carbocycles. The van der Waals surface area contributed by atoms with Gasteiger partial charge in [-0.25, -0.2) is 0 Å². The number of nitrogens with two attached hydrogens (primary N) is 1. The summed E-state index contributed by atoms with van der Waals surface area (Å²) in [6.45, 7) is 2.33. The molecule has 0 spiro atoms. The average molecular weight is 341 g/mol. The van der Waals surface area contributed by atoms with Crippen molar-refractivity contribution >= 4 is 5.97 Å². The fraction of sp³-hybridized carbons (Fsp3) is 0.350. The molecule has 0 saturated heterocycles. The molecule has 25 heavy (non-hydrogen) atoms. The number of carboxylic acid groups (broad SMARTS) is 1. The molecule has 0 amide bonds. The molecule has 2 aromatic rings. The lowest BCUT2D eigenvalue weighted by Crippen LogP contribution is -2.38. The Balaban J connectivity index is 1.80. The topological polar surface area (TPSA) is 81.8 Å². The molecule has 0 radical (unpaired) electrons. The van der Waals surface area contributed by atoms with Crippen molar-refractivity contribution in [1.29, 1.82) is 0 Å². The summed E-state index contributed by atoms with van der Waals surface area (Å²) in [5.41, 5.74) is 6.52. The predicted octanol–water partition coefficient (Wildman–Crippen LogP) is 2.80. The van der Waals surface area contributed by atoms with Gasteiger partial charge < -0.3 is 20.3 Å². The van der Waals surface area contributed by atoms with E-state index in [0.717, 1.165) is 11.1 Å².